The van der Waals surface area contributed by atoms with Crippen LogP contribution in [-0.2, 0) is 4.79 Å². The van der Waals surface area contributed by atoms with Gasteiger partial charge in [0.25, 0.3) is 0 Å². The molecule has 0 aromatic heterocycles. The van der Waals surface area contributed by atoms with Crippen molar-refractivity contribution in [2.45, 2.75) is 19.3 Å². The number of carbonyl (C=O) groups excluding carboxylic acids is 2. The highest BCUT2D eigenvalue weighted by atomic mass is 16.7. The van der Waals surface area contributed by atoms with Gasteiger partial charge in [-0.05, 0) is 24.1 Å². The largest absolute Gasteiger partial charge is 0.454 e. The summed E-state index contributed by atoms with van der Waals surface area (Å²) < 4.78 is 10.7. The maximum atomic E-state index is 13.0. The predicted octanol–water partition coefficient (Wildman–Crippen LogP) is 4.78. The standard InChI is InChI=1S/C24H21NO4/c1-16(26)19-12-22-23(29-15-28-22)14-21(19)25-24(27)13-20(17-8-4-2-5-9-17)18-10-6-3-7-11-18/h2-12,14,20H,13,15H2,1H3,(H,25,27). The van der Waals surface area contributed by atoms with Crippen LogP contribution in [0.25, 0.3) is 0 Å². The molecule has 1 aliphatic rings. The molecular formula is C24H21NO4. The highest BCUT2D eigenvalue weighted by Gasteiger charge is 2.22. The van der Waals surface area contributed by atoms with Gasteiger partial charge in [-0.3, -0.25) is 9.59 Å². The number of anilines is 1. The first-order valence-electron chi connectivity index (χ1n) is 9.46. The summed E-state index contributed by atoms with van der Waals surface area (Å²) in [5, 5.41) is 2.90. The van der Waals surface area contributed by atoms with E-state index in [2.05, 4.69) is 5.32 Å². The fourth-order valence-corrected chi connectivity index (χ4v) is 3.52. The number of hydrogen-bond donors (Lipinski definition) is 1. The van der Waals surface area contributed by atoms with Crippen molar-refractivity contribution in [3.05, 3.63) is 89.5 Å². The molecule has 1 N–H and O–H groups in total. The molecule has 5 heteroatoms. The van der Waals surface area contributed by atoms with Gasteiger partial charge in [0.2, 0.25) is 12.7 Å². The van der Waals surface area contributed by atoms with Gasteiger partial charge < -0.3 is 14.8 Å². The van der Waals surface area contributed by atoms with Crippen LogP contribution in [0, 0.1) is 0 Å². The fraction of sp³-hybridized carbons (Fsp3) is 0.167. The Balaban J connectivity index is 1.60. The molecule has 1 amide bonds. The Hall–Kier alpha value is -3.60. The zero-order valence-electron chi connectivity index (χ0n) is 16.1. The van der Waals surface area contributed by atoms with Gasteiger partial charge in [0.15, 0.2) is 17.3 Å². The third-order valence-electron chi connectivity index (χ3n) is 4.96. The Kier molecular flexibility index (Phi) is 5.29. The molecule has 0 unspecified atom stereocenters. The van der Waals surface area contributed by atoms with E-state index in [-0.39, 0.29) is 30.8 Å². The van der Waals surface area contributed by atoms with E-state index in [1.54, 1.807) is 12.1 Å². The molecule has 3 aromatic carbocycles. The summed E-state index contributed by atoms with van der Waals surface area (Å²) in [7, 11) is 0. The first-order valence-corrected chi connectivity index (χ1v) is 9.46. The van der Waals surface area contributed by atoms with E-state index in [1.165, 1.54) is 6.92 Å². The number of fused-ring (bicyclic) bond motifs is 1. The van der Waals surface area contributed by atoms with Gasteiger partial charge in [-0.25, -0.2) is 0 Å². The van der Waals surface area contributed by atoms with E-state index in [0.29, 0.717) is 22.7 Å². The fourth-order valence-electron chi connectivity index (χ4n) is 3.52. The number of carbonyl (C=O) groups is 2. The van der Waals surface area contributed by atoms with Crippen LogP contribution in [0.4, 0.5) is 5.69 Å². The lowest BCUT2D eigenvalue weighted by atomic mass is 9.88. The first-order chi connectivity index (χ1) is 14.1. The highest BCUT2D eigenvalue weighted by Crippen LogP contribution is 2.37. The minimum absolute atomic E-state index is 0.0906. The molecule has 0 spiro atoms. The Morgan fingerprint density at radius 1 is 0.897 bits per heavy atom. The lowest BCUT2D eigenvalue weighted by Crippen LogP contribution is -2.18. The topological polar surface area (TPSA) is 64.6 Å². The molecule has 146 valence electrons. The van der Waals surface area contributed by atoms with Crippen LogP contribution in [0.3, 0.4) is 0 Å². The van der Waals surface area contributed by atoms with Crippen molar-refractivity contribution in [1.29, 1.82) is 0 Å². The number of benzene rings is 3. The summed E-state index contributed by atoms with van der Waals surface area (Å²) in [5.41, 5.74) is 2.96. The second kappa shape index (κ2) is 8.19. The molecule has 1 heterocycles. The summed E-state index contributed by atoms with van der Waals surface area (Å²) in [6.07, 6.45) is 0.250. The average Bonchev–Trinajstić information content (AvgIpc) is 3.20. The number of ketones is 1. The predicted molar refractivity (Wildman–Crippen MR) is 111 cm³/mol. The summed E-state index contributed by atoms with van der Waals surface area (Å²) in [5.74, 6) is 0.616. The van der Waals surface area contributed by atoms with Crippen LogP contribution in [0.5, 0.6) is 11.5 Å². The van der Waals surface area contributed by atoms with E-state index in [4.69, 9.17) is 9.47 Å². The van der Waals surface area contributed by atoms with Crippen molar-refractivity contribution in [3.8, 4) is 11.5 Å². The van der Waals surface area contributed by atoms with E-state index in [0.717, 1.165) is 11.1 Å². The molecule has 0 saturated carbocycles. The summed E-state index contributed by atoms with van der Waals surface area (Å²) >= 11 is 0. The molecule has 0 fully saturated rings. The third-order valence-corrected chi connectivity index (χ3v) is 4.96. The normalized spacial score (nSPS) is 12.1. The summed E-state index contributed by atoms with van der Waals surface area (Å²) in [6, 6.07) is 23.1. The maximum absolute atomic E-state index is 13.0. The van der Waals surface area contributed by atoms with Crippen LogP contribution in [-0.4, -0.2) is 18.5 Å². The van der Waals surface area contributed by atoms with Gasteiger partial charge in [-0.2, -0.15) is 0 Å². The molecule has 3 aromatic rings. The molecule has 0 bridgehead atoms. The molecule has 29 heavy (non-hydrogen) atoms. The maximum Gasteiger partial charge on any atom is 0.231 e. The molecular weight excluding hydrogens is 366 g/mol. The summed E-state index contributed by atoms with van der Waals surface area (Å²) in [4.78, 5) is 25.0. The van der Waals surface area contributed by atoms with Crippen molar-refractivity contribution in [2.24, 2.45) is 0 Å². The van der Waals surface area contributed by atoms with E-state index < -0.39 is 0 Å². The lowest BCUT2D eigenvalue weighted by molar-refractivity contribution is -0.116. The minimum Gasteiger partial charge on any atom is -0.454 e. The number of nitrogens with one attached hydrogen (secondary N) is 1. The van der Waals surface area contributed by atoms with Crippen LogP contribution in [0.2, 0.25) is 0 Å². The van der Waals surface area contributed by atoms with E-state index in [9.17, 15) is 9.59 Å². The SMILES string of the molecule is CC(=O)c1cc2c(cc1NC(=O)CC(c1ccccc1)c1ccccc1)OCO2. The van der Waals surface area contributed by atoms with Crippen LogP contribution >= 0.6 is 0 Å². The minimum atomic E-state index is -0.177. The van der Waals surface area contributed by atoms with Crippen LogP contribution in [0.1, 0.15) is 40.7 Å². The van der Waals surface area contributed by atoms with E-state index >= 15 is 0 Å². The number of amides is 1. The van der Waals surface area contributed by atoms with Gasteiger partial charge in [0, 0.05) is 24.0 Å². The molecule has 1 aliphatic heterocycles. The van der Waals surface area contributed by atoms with Crippen LogP contribution in [0.15, 0.2) is 72.8 Å². The van der Waals surface area contributed by atoms with Crippen molar-refractivity contribution in [2.75, 3.05) is 12.1 Å². The van der Waals surface area contributed by atoms with Crippen molar-refractivity contribution in [3.63, 3.8) is 0 Å². The quantitative estimate of drug-likeness (QED) is 0.618. The number of Topliss-reactive ketones (excluding diaryl/α,β-unsaturated/α-hetero) is 1. The zero-order chi connectivity index (χ0) is 20.2. The number of hydrogen-bond acceptors (Lipinski definition) is 4. The number of rotatable bonds is 6. The molecule has 5 nitrogen and oxygen atoms in total. The molecule has 0 saturated heterocycles. The van der Waals surface area contributed by atoms with Crippen molar-refractivity contribution in [1.82, 2.24) is 0 Å². The first kappa shape index (κ1) is 18.7. The second-order valence-electron chi connectivity index (χ2n) is 6.93. The lowest BCUT2D eigenvalue weighted by Gasteiger charge is -2.18. The Morgan fingerprint density at radius 2 is 1.45 bits per heavy atom. The van der Waals surface area contributed by atoms with E-state index in [1.807, 2.05) is 60.7 Å². The summed E-state index contributed by atoms with van der Waals surface area (Å²) in [6.45, 7) is 1.57. The van der Waals surface area contributed by atoms with Crippen molar-refractivity contribution < 1.29 is 19.1 Å². The Morgan fingerprint density at radius 3 is 2.00 bits per heavy atom. The smallest absolute Gasteiger partial charge is 0.231 e. The molecule has 0 atom stereocenters. The molecule has 0 aliphatic carbocycles. The average molecular weight is 387 g/mol. The third kappa shape index (κ3) is 4.14. The highest BCUT2D eigenvalue weighted by molar-refractivity contribution is 6.04. The Bertz CT molecular complexity index is 992. The van der Waals surface area contributed by atoms with Gasteiger partial charge in [0.05, 0.1) is 5.69 Å². The molecule has 4 rings (SSSR count). The Labute approximate surface area is 169 Å². The second-order valence-corrected chi connectivity index (χ2v) is 6.93. The van der Waals surface area contributed by atoms with Gasteiger partial charge >= 0.3 is 0 Å². The van der Waals surface area contributed by atoms with Gasteiger partial charge in [0.1, 0.15) is 0 Å². The van der Waals surface area contributed by atoms with Crippen molar-refractivity contribution >= 4 is 17.4 Å². The van der Waals surface area contributed by atoms with Gasteiger partial charge in [-0.15, -0.1) is 0 Å². The molecule has 0 radical (unpaired) electrons. The monoisotopic (exact) mass is 387 g/mol. The van der Waals surface area contributed by atoms with Crippen LogP contribution < -0.4 is 14.8 Å². The zero-order valence-corrected chi connectivity index (χ0v) is 16.1. The van der Waals surface area contributed by atoms with Gasteiger partial charge in [-0.1, -0.05) is 60.7 Å². The number of ether oxygens (including phenoxy) is 2.